The molecule has 2 N–H and O–H groups in total. The van der Waals surface area contributed by atoms with Gasteiger partial charge in [-0.25, -0.2) is 0 Å². The fourth-order valence-electron chi connectivity index (χ4n) is 3.95. The molecule has 0 saturated carbocycles. The minimum absolute atomic E-state index is 0. The first-order chi connectivity index (χ1) is 16.2. The fraction of sp³-hybridized carbons (Fsp3) is 0.360. The number of hydrogen-bond acceptors (Lipinski definition) is 6. The molecular weight excluding hydrogens is 545 g/mol. The van der Waals surface area contributed by atoms with Gasteiger partial charge < -0.3 is 29.5 Å². The van der Waals surface area contributed by atoms with Crippen LogP contribution < -0.4 is 25.0 Å². The minimum atomic E-state index is 0. The summed E-state index contributed by atoms with van der Waals surface area (Å²) in [6, 6.07) is 18.3. The highest BCUT2D eigenvalue weighted by atomic mass is 127. The molecule has 1 aromatic heterocycles. The number of aromatic nitrogens is 1. The molecule has 8 nitrogen and oxygen atoms in total. The lowest BCUT2D eigenvalue weighted by Gasteiger charge is -2.34. The van der Waals surface area contributed by atoms with E-state index in [0.717, 1.165) is 66.1 Å². The second-order valence-corrected chi connectivity index (χ2v) is 7.95. The Balaban J connectivity index is 0.00000324. The highest BCUT2D eigenvalue weighted by molar-refractivity contribution is 14.0. The molecule has 1 aliphatic rings. The molecule has 1 saturated heterocycles. The first kappa shape index (κ1) is 25.7. The quantitative estimate of drug-likeness (QED) is 0.246. The number of benzene rings is 2. The van der Waals surface area contributed by atoms with Crippen LogP contribution in [0.1, 0.15) is 18.5 Å². The van der Waals surface area contributed by atoms with Crippen LogP contribution in [0.15, 0.2) is 64.1 Å². The van der Waals surface area contributed by atoms with Crippen molar-refractivity contribution in [2.24, 2.45) is 4.99 Å². The van der Waals surface area contributed by atoms with E-state index in [-0.39, 0.29) is 24.0 Å². The predicted molar refractivity (Wildman–Crippen MR) is 145 cm³/mol. The van der Waals surface area contributed by atoms with Gasteiger partial charge in [0.05, 0.1) is 20.8 Å². The Morgan fingerprint density at radius 3 is 2.35 bits per heavy atom. The molecule has 0 amide bonds. The molecule has 0 unspecified atom stereocenters. The van der Waals surface area contributed by atoms with Crippen LogP contribution in [0.2, 0.25) is 0 Å². The molecule has 0 atom stereocenters. The number of methoxy groups -OCH3 is 2. The highest BCUT2D eigenvalue weighted by Crippen LogP contribution is 2.30. The van der Waals surface area contributed by atoms with Crippen LogP contribution in [-0.2, 0) is 6.54 Å². The normalized spacial score (nSPS) is 14.3. The van der Waals surface area contributed by atoms with Crippen molar-refractivity contribution in [1.29, 1.82) is 0 Å². The number of anilines is 1. The zero-order chi connectivity index (χ0) is 23.0. The van der Waals surface area contributed by atoms with Crippen molar-refractivity contribution in [2.75, 3.05) is 39.3 Å². The maximum absolute atomic E-state index is 5.48. The number of nitrogens with zero attached hydrogens (tertiary/aromatic N) is 3. The molecule has 34 heavy (non-hydrogen) atoms. The Morgan fingerprint density at radius 2 is 1.74 bits per heavy atom. The molecule has 1 fully saturated rings. The molecule has 1 aliphatic heterocycles. The van der Waals surface area contributed by atoms with E-state index in [4.69, 9.17) is 14.0 Å². The summed E-state index contributed by atoms with van der Waals surface area (Å²) in [6.07, 6.45) is 2.00. The van der Waals surface area contributed by atoms with Crippen molar-refractivity contribution >= 4 is 35.6 Å². The Kier molecular flexibility index (Phi) is 9.43. The maximum atomic E-state index is 5.48. The Morgan fingerprint density at radius 1 is 1.06 bits per heavy atom. The number of ether oxygens (including phenoxy) is 2. The lowest BCUT2D eigenvalue weighted by atomic mass is 10.0. The van der Waals surface area contributed by atoms with Gasteiger partial charge in [-0.2, -0.15) is 0 Å². The summed E-state index contributed by atoms with van der Waals surface area (Å²) in [7, 11) is 5.13. The van der Waals surface area contributed by atoms with Gasteiger partial charge in [0, 0.05) is 61.7 Å². The molecule has 2 aromatic carbocycles. The average molecular weight is 577 g/mol. The van der Waals surface area contributed by atoms with Gasteiger partial charge in [-0.1, -0.05) is 35.5 Å². The monoisotopic (exact) mass is 577 g/mol. The number of aliphatic imine (C=N–C) groups is 1. The number of guanidine groups is 1. The number of hydrogen-bond donors (Lipinski definition) is 2. The van der Waals surface area contributed by atoms with Gasteiger partial charge in [0.25, 0.3) is 0 Å². The van der Waals surface area contributed by atoms with Gasteiger partial charge in [0.15, 0.2) is 11.7 Å². The second-order valence-electron chi connectivity index (χ2n) is 7.95. The van der Waals surface area contributed by atoms with E-state index in [1.807, 2.05) is 42.5 Å². The van der Waals surface area contributed by atoms with Crippen LogP contribution in [-0.4, -0.2) is 51.5 Å². The smallest absolute Gasteiger partial charge is 0.191 e. The highest BCUT2D eigenvalue weighted by Gasteiger charge is 2.21. The second kappa shape index (κ2) is 12.5. The van der Waals surface area contributed by atoms with Gasteiger partial charge in [-0.05, 0) is 12.8 Å². The van der Waals surface area contributed by atoms with Crippen LogP contribution in [0.5, 0.6) is 11.5 Å². The van der Waals surface area contributed by atoms with Crippen molar-refractivity contribution in [3.05, 3.63) is 60.3 Å². The third kappa shape index (κ3) is 6.55. The van der Waals surface area contributed by atoms with Gasteiger partial charge >= 0.3 is 0 Å². The van der Waals surface area contributed by atoms with Crippen molar-refractivity contribution in [2.45, 2.75) is 25.4 Å². The largest absolute Gasteiger partial charge is 0.497 e. The van der Waals surface area contributed by atoms with Gasteiger partial charge in [0.1, 0.15) is 17.2 Å². The van der Waals surface area contributed by atoms with E-state index in [1.54, 1.807) is 21.3 Å². The lowest BCUT2D eigenvalue weighted by Crippen LogP contribution is -2.48. The summed E-state index contributed by atoms with van der Waals surface area (Å²) in [5.74, 6) is 3.13. The number of nitrogens with one attached hydrogen (secondary N) is 2. The third-order valence-corrected chi connectivity index (χ3v) is 5.81. The molecule has 2 heterocycles. The molecule has 9 heteroatoms. The number of halogens is 1. The first-order valence-corrected chi connectivity index (χ1v) is 11.1. The Bertz CT molecular complexity index is 1040. The molecule has 3 aromatic rings. The number of piperidine rings is 1. The minimum Gasteiger partial charge on any atom is -0.497 e. The van der Waals surface area contributed by atoms with E-state index in [1.165, 1.54) is 0 Å². The lowest BCUT2D eigenvalue weighted by molar-refractivity contribution is 0.393. The first-order valence-electron chi connectivity index (χ1n) is 11.1. The predicted octanol–water partition coefficient (Wildman–Crippen LogP) is 4.31. The molecule has 0 radical (unpaired) electrons. The van der Waals surface area contributed by atoms with E-state index < -0.39 is 0 Å². The van der Waals surface area contributed by atoms with Crippen LogP contribution >= 0.6 is 24.0 Å². The molecular formula is C25H32IN5O3. The summed E-state index contributed by atoms with van der Waals surface area (Å²) in [5.41, 5.74) is 2.96. The average Bonchev–Trinajstić information content (AvgIpc) is 3.36. The fourth-order valence-corrected chi connectivity index (χ4v) is 3.95. The number of rotatable bonds is 7. The van der Waals surface area contributed by atoms with E-state index in [0.29, 0.717) is 12.6 Å². The molecule has 0 aliphatic carbocycles. The summed E-state index contributed by atoms with van der Waals surface area (Å²) in [5, 5.41) is 11.0. The van der Waals surface area contributed by atoms with Gasteiger partial charge in [-0.15, -0.1) is 24.0 Å². The van der Waals surface area contributed by atoms with Crippen molar-refractivity contribution in [1.82, 2.24) is 15.8 Å². The standard InChI is InChI=1S/C25H31N5O3.HI/c1-26-25(27-17-20-13-24(33-29-20)18-7-5-4-6-8-18)28-19-9-11-30(12-10-19)21-14-22(31-2)16-23(15-21)32-3;/h4-8,13-16,19H,9-12,17H2,1-3H3,(H2,26,27,28);1H. The Hall–Kier alpha value is -2.95. The molecule has 182 valence electrons. The summed E-state index contributed by atoms with van der Waals surface area (Å²) >= 11 is 0. The summed E-state index contributed by atoms with van der Waals surface area (Å²) < 4.78 is 16.3. The van der Waals surface area contributed by atoms with Crippen molar-refractivity contribution in [3.8, 4) is 22.8 Å². The van der Waals surface area contributed by atoms with Crippen LogP contribution in [0.3, 0.4) is 0 Å². The van der Waals surface area contributed by atoms with Crippen LogP contribution in [0.4, 0.5) is 5.69 Å². The zero-order valence-corrected chi connectivity index (χ0v) is 22.1. The molecule has 0 bridgehead atoms. The van der Waals surface area contributed by atoms with Crippen molar-refractivity contribution < 1.29 is 14.0 Å². The molecule has 0 spiro atoms. The van der Waals surface area contributed by atoms with E-state index in [9.17, 15) is 0 Å². The molecule has 4 rings (SSSR count). The summed E-state index contributed by atoms with van der Waals surface area (Å²) in [4.78, 5) is 6.74. The van der Waals surface area contributed by atoms with Gasteiger partial charge in [0.2, 0.25) is 0 Å². The van der Waals surface area contributed by atoms with Crippen LogP contribution in [0.25, 0.3) is 11.3 Å². The SMILES string of the molecule is CN=C(NCc1cc(-c2ccccc2)on1)NC1CCN(c2cc(OC)cc(OC)c2)CC1.I. The van der Waals surface area contributed by atoms with E-state index in [2.05, 4.69) is 37.8 Å². The third-order valence-electron chi connectivity index (χ3n) is 5.81. The van der Waals surface area contributed by atoms with Crippen LogP contribution in [0, 0.1) is 0 Å². The Labute approximate surface area is 217 Å². The zero-order valence-electron chi connectivity index (χ0n) is 19.8. The van der Waals surface area contributed by atoms with Gasteiger partial charge in [-0.3, -0.25) is 4.99 Å². The van der Waals surface area contributed by atoms with Crippen molar-refractivity contribution in [3.63, 3.8) is 0 Å². The topological polar surface area (TPSA) is 84.2 Å². The van der Waals surface area contributed by atoms with E-state index >= 15 is 0 Å². The maximum Gasteiger partial charge on any atom is 0.191 e. The summed E-state index contributed by atoms with van der Waals surface area (Å²) in [6.45, 7) is 2.42.